The lowest BCUT2D eigenvalue weighted by molar-refractivity contribution is -0.156. The monoisotopic (exact) mass is 371 g/mol. The van der Waals surface area contributed by atoms with Crippen molar-refractivity contribution in [2.75, 3.05) is 26.0 Å². The molecule has 0 fully saturated rings. The summed E-state index contributed by atoms with van der Waals surface area (Å²) in [5, 5.41) is 2.51. The molecule has 1 atom stereocenters. The molecular weight excluding hydrogens is 350 g/mol. The number of carbonyl (C=O) groups is 3. The number of nitrogens with one attached hydrogen (secondary N) is 2. The van der Waals surface area contributed by atoms with Gasteiger partial charge in [0, 0.05) is 26.7 Å². The van der Waals surface area contributed by atoms with E-state index in [1.54, 1.807) is 0 Å². The zero-order valence-electron chi connectivity index (χ0n) is 14.4. The molecule has 25 heavy (non-hydrogen) atoms. The van der Waals surface area contributed by atoms with Crippen molar-refractivity contribution in [2.24, 2.45) is 0 Å². The zero-order chi connectivity index (χ0) is 19.2. The first kappa shape index (κ1) is 20.6. The highest BCUT2D eigenvalue weighted by molar-refractivity contribution is 7.89. The van der Waals surface area contributed by atoms with Crippen LogP contribution in [-0.2, 0) is 29.1 Å². The lowest BCUT2D eigenvalue weighted by atomic mass is 10.3. The van der Waals surface area contributed by atoms with Crippen LogP contribution in [0.2, 0.25) is 0 Å². The molecule has 138 valence electrons. The van der Waals surface area contributed by atoms with Crippen molar-refractivity contribution in [3.63, 3.8) is 0 Å². The number of esters is 1. The quantitative estimate of drug-likeness (QED) is 0.648. The van der Waals surface area contributed by atoms with Gasteiger partial charge >= 0.3 is 5.97 Å². The molecule has 1 aromatic carbocycles. The predicted octanol–water partition coefficient (Wildman–Crippen LogP) is -0.0568. The molecular formula is C15H21N3O6S. The molecule has 2 N–H and O–H groups in total. The number of anilines is 1. The summed E-state index contributed by atoms with van der Waals surface area (Å²) < 4.78 is 31.2. The average molecular weight is 371 g/mol. The molecule has 10 heteroatoms. The fourth-order valence-electron chi connectivity index (χ4n) is 1.81. The lowest BCUT2D eigenvalue weighted by Crippen LogP contribution is -2.38. The number of hydrogen-bond donors (Lipinski definition) is 2. The molecule has 0 aliphatic carbocycles. The van der Waals surface area contributed by atoms with E-state index in [-0.39, 0.29) is 10.8 Å². The number of likely N-dealkylation sites (N-methyl/N-ethyl adjacent to an activating group) is 1. The number of benzene rings is 1. The van der Waals surface area contributed by atoms with Crippen LogP contribution in [0, 0.1) is 0 Å². The van der Waals surface area contributed by atoms with Crippen molar-refractivity contribution < 1.29 is 27.5 Å². The Morgan fingerprint density at radius 3 is 2.20 bits per heavy atom. The van der Waals surface area contributed by atoms with Crippen LogP contribution in [0.1, 0.15) is 13.8 Å². The first-order valence-electron chi connectivity index (χ1n) is 7.31. The van der Waals surface area contributed by atoms with E-state index in [4.69, 9.17) is 4.74 Å². The standard InChI is InChI=1S/C15H21N3O6S/c1-10(15(21)18(3)4)24-14(20)9-16-25(22,23)13-7-5-12(6-8-13)17-11(2)19/h5-8,10,16H,9H2,1-4H3,(H,17,19)/t10-/m0/s1. The first-order valence-corrected chi connectivity index (χ1v) is 8.79. The summed E-state index contributed by atoms with van der Waals surface area (Å²) in [6.07, 6.45) is -1.01. The molecule has 0 heterocycles. The van der Waals surface area contributed by atoms with Gasteiger partial charge in [-0.3, -0.25) is 14.4 Å². The summed E-state index contributed by atoms with van der Waals surface area (Å²) in [4.78, 5) is 35.4. The molecule has 0 aliphatic heterocycles. The van der Waals surface area contributed by atoms with Gasteiger partial charge in [0.15, 0.2) is 6.10 Å². The Bertz CT molecular complexity index is 743. The van der Waals surface area contributed by atoms with E-state index in [2.05, 4.69) is 10.0 Å². The van der Waals surface area contributed by atoms with Crippen molar-refractivity contribution in [1.82, 2.24) is 9.62 Å². The van der Waals surface area contributed by atoms with Gasteiger partial charge in [0.2, 0.25) is 15.9 Å². The Morgan fingerprint density at radius 1 is 1.16 bits per heavy atom. The second-order valence-electron chi connectivity index (χ2n) is 5.39. The van der Waals surface area contributed by atoms with Crippen LogP contribution >= 0.6 is 0 Å². The van der Waals surface area contributed by atoms with E-state index in [0.29, 0.717) is 5.69 Å². The van der Waals surface area contributed by atoms with Crippen molar-refractivity contribution in [3.05, 3.63) is 24.3 Å². The molecule has 0 unspecified atom stereocenters. The van der Waals surface area contributed by atoms with Crippen molar-refractivity contribution in [3.8, 4) is 0 Å². The van der Waals surface area contributed by atoms with E-state index < -0.39 is 34.5 Å². The van der Waals surface area contributed by atoms with Crippen molar-refractivity contribution in [1.29, 1.82) is 0 Å². The second kappa shape index (κ2) is 8.58. The van der Waals surface area contributed by atoms with Gasteiger partial charge in [0.05, 0.1) is 4.90 Å². The average Bonchev–Trinajstić information content (AvgIpc) is 2.52. The Balaban J connectivity index is 2.64. The summed E-state index contributed by atoms with van der Waals surface area (Å²) in [7, 11) is -0.904. The number of hydrogen-bond acceptors (Lipinski definition) is 6. The van der Waals surface area contributed by atoms with Crippen LogP contribution < -0.4 is 10.0 Å². The summed E-state index contributed by atoms with van der Waals surface area (Å²) in [5.41, 5.74) is 0.446. The maximum atomic E-state index is 12.1. The second-order valence-corrected chi connectivity index (χ2v) is 7.16. The highest BCUT2D eigenvalue weighted by Crippen LogP contribution is 2.13. The Labute approximate surface area is 146 Å². The summed E-state index contributed by atoms with van der Waals surface area (Å²) in [6.45, 7) is 2.12. The SMILES string of the molecule is CC(=O)Nc1ccc(S(=O)(=O)NCC(=O)O[C@@H](C)C(=O)N(C)C)cc1. The molecule has 0 radical (unpaired) electrons. The van der Waals surface area contributed by atoms with E-state index in [9.17, 15) is 22.8 Å². The highest BCUT2D eigenvalue weighted by atomic mass is 32.2. The summed E-state index contributed by atoms with van der Waals surface area (Å²) in [5.74, 6) is -1.57. The van der Waals surface area contributed by atoms with Gasteiger partial charge in [0.25, 0.3) is 5.91 Å². The minimum Gasteiger partial charge on any atom is -0.452 e. The molecule has 0 saturated heterocycles. The summed E-state index contributed by atoms with van der Waals surface area (Å²) in [6, 6.07) is 5.42. The number of rotatable bonds is 7. The van der Waals surface area contributed by atoms with Crippen molar-refractivity contribution in [2.45, 2.75) is 24.8 Å². The van der Waals surface area contributed by atoms with E-state index >= 15 is 0 Å². The molecule has 2 amide bonds. The fourth-order valence-corrected chi connectivity index (χ4v) is 2.78. The van der Waals surface area contributed by atoms with Crippen LogP contribution in [0.5, 0.6) is 0 Å². The third-order valence-corrected chi connectivity index (χ3v) is 4.41. The lowest BCUT2D eigenvalue weighted by Gasteiger charge is -2.17. The molecule has 0 aliphatic rings. The highest BCUT2D eigenvalue weighted by Gasteiger charge is 2.21. The summed E-state index contributed by atoms with van der Waals surface area (Å²) >= 11 is 0. The van der Waals surface area contributed by atoms with Gasteiger partial charge in [-0.1, -0.05) is 0 Å². The van der Waals surface area contributed by atoms with Gasteiger partial charge in [0.1, 0.15) is 6.54 Å². The number of amides is 2. The maximum absolute atomic E-state index is 12.1. The number of sulfonamides is 1. The van der Waals surface area contributed by atoms with E-state index in [1.165, 1.54) is 57.1 Å². The smallest absolute Gasteiger partial charge is 0.321 e. The molecule has 0 spiro atoms. The van der Waals surface area contributed by atoms with Gasteiger partial charge in [-0.25, -0.2) is 8.42 Å². The zero-order valence-corrected chi connectivity index (χ0v) is 15.2. The van der Waals surface area contributed by atoms with Crippen LogP contribution in [-0.4, -0.2) is 57.8 Å². The van der Waals surface area contributed by atoms with Gasteiger partial charge in [-0.15, -0.1) is 0 Å². The predicted molar refractivity (Wildman–Crippen MR) is 90.2 cm³/mol. The molecule has 1 rings (SSSR count). The Morgan fingerprint density at radius 2 is 1.72 bits per heavy atom. The fraction of sp³-hybridized carbons (Fsp3) is 0.400. The molecule has 0 bridgehead atoms. The first-order chi connectivity index (χ1) is 11.5. The van der Waals surface area contributed by atoms with Gasteiger partial charge < -0.3 is 15.0 Å². The third-order valence-electron chi connectivity index (χ3n) is 2.99. The minimum absolute atomic E-state index is 0.0770. The number of nitrogens with zero attached hydrogens (tertiary/aromatic N) is 1. The van der Waals surface area contributed by atoms with Crippen molar-refractivity contribution >= 4 is 33.5 Å². The number of ether oxygens (including phenoxy) is 1. The van der Waals surface area contributed by atoms with Crippen LogP contribution in [0.25, 0.3) is 0 Å². The largest absolute Gasteiger partial charge is 0.452 e. The van der Waals surface area contributed by atoms with E-state index in [1.807, 2.05) is 0 Å². The third kappa shape index (κ3) is 6.51. The molecule has 9 nitrogen and oxygen atoms in total. The maximum Gasteiger partial charge on any atom is 0.321 e. The Hall–Kier alpha value is -2.46. The number of carbonyl (C=O) groups excluding carboxylic acids is 3. The topological polar surface area (TPSA) is 122 Å². The molecule has 0 aromatic heterocycles. The minimum atomic E-state index is -3.93. The normalized spacial score (nSPS) is 12.2. The van der Waals surface area contributed by atoms with Crippen LogP contribution in [0.15, 0.2) is 29.2 Å². The van der Waals surface area contributed by atoms with Gasteiger partial charge in [-0.2, -0.15) is 4.72 Å². The molecule has 0 saturated carbocycles. The Kier molecular flexibility index (Phi) is 7.07. The van der Waals surface area contributed by atoms with Crippen LogP contribution in [0.3, 0.4) is 0 Å². The van der Waals surface area contributed by atoms with Gasteiger partial charge in [-0.05, 0) is 31.2 Å². The van der Waals surface area contributed by atoms with Crippen LogP contribution in [0.4, 0.5) is 5.69 Å². The van der Waals surface area contributed by atoms with E-state index in [0.717, 1.165) is 0 Å². The molecule has 1 aromatic rings.